The van der Waals surface area contributed by atoms with Crippen LogP contribution in [0.2, 0.25) is 0 Å². The summed E-state index contributed by atoms with van der Waals surface area (Å²) in [6.45, 7) is 11.2. The lowest BCUT2D eigenvalue weighted by molar-refractivity contribution is -0.0458. The zero-order valence-corrected chi connectivity index (χ0v) is 9.22. The fourth-order valence-corrected chi connectivity index (χ4v) is 1.33. The molecule has 74 valence electrons. The van der Waals surface area contributed by atoms with E-state index in [2.05, 4.69) is 40.1 Å². The van der Waals surface area contributed by atoms with Gasteiger partial charge in [0, 0.05) is 7.05 Å². The molecule has 0 rings (SSSR count). The zero-order chi connectivity index (χ0) is 9.72. The second-order valence-electron chi connectivity index (χ2n) is 3.99. The molecule has 1 N–H and O–H groups in total. The molecule has 0 aliphatic carbocycles. The first-order valence-corrected chi connectivity index (χ1v) is 4.83. The largest absolute Gasteiger partial charge is 0.299 e. The van der Waals surface area contributed by atoms with Gasteiger partial charge >= 0.3 is 0 Å². The van der Waals surface area contributed by atoms with Crippen LogP contribution in [0.5, 0.6) is 0 Å². The number of hydrogen-bond acceptors (Lipinski definition) is 2. The van der Waals surface area contributed by atoms with E-state index in [1.165, 1.54) is 0 Å². The Bertz CT molecular complexity index is 114. The SMILES string of the molecule is CNO[C@H](C)C(C)C(C)C(C)C. The van der Waals surface area contributed by atoms with Crippen molar-refractivity contribution in [1.29, 1.82) is 0 Å². The summed E-state index contributed by atoms with van der Waals surface area (Å²) in [6, 6.07) is 0. The van der Waals surface area contributed by atoms with Crippen LogP contribution in [0.15, 0.2) is 0 Å². The number of hydrogen-bond donors (Lipinski definition) is 1. The van der Waals surface area contributed by atoms with Crippen LogP contribution in [0.25, 0.3) is 0 Å². The maximum atomic E-state index is 5.32. The third-order valence-electron chi connectivity index (χ3n) is 2.93. The molecule has 2 unspecified atom stereocenters. The Kier molecular flexibility index (Phi) is 5.51. The van der Waals surface area contributed by atoms with Crippen LogP contribution in [0.1, 0.15) is 34.6 Å². The highest BCUT2D eigenvalue weighted by molar-refractivity contribution is 4.69. The third-order valence-corrected chi connectivity index (χ3v) is 2.93. The van der Waals surface area contributed by atoms with Gasteiger partial charge in [-0.3, -0.25) is 4.84 Å². The summed E-state index contributed by atoms with van der Waals surface area (Å²) in [5, 5.41) is 0. The highest BCUT2D eigenvalue weighted by atomic mass is 16.7. The molecular formula is C10H23NO. The van der Waals surface area contributed by atoms with E-state index in [1.54, 1.807) is 0 Å². The van der Waals surface area contributed by atoms with Gasteiger partial charge in [-0.15, -0.1) is 0 Å². The fraction of sp³-hybridized carbons (Fsp3) is 1.00. The molecule has 0 spiro atoms. The van der Waals surface area contributed by atoms with Crippen molar-refractivity contribution in [2.45, 2.75) is 40.7 Å². The molecule has 0 saturated heterocycles. The van der Waals surface area contributed by atoms with Crippen molar-refractivity contribution in [3.8, 4) is 0 Å². The highest BCUT2D eigenvalue weighted by Crippen LogP contribution is 2.23. The van der Waals surface area contributed by atoms with Gasteiger partial charge in [-0.05, 0) is 24.7 Å². The van der Waals surface area contributed by atoms with Crippen molar-refractivity contribution >= 4 is 0 Å². The molecule has 3 atom stereocenters. The molecule has 0 aromatic rings. The first-order valence-electron chi connectivity index (χ1n) is 4.83. The predicted molar refractivity (Wildman–Crippen MR) is 52.8 cm³/mol. The maximum Gasteiger partial charge on any atom is 0.0790 e. The topological polar surface area (TPSA) is 21.3 Å². The van der Waals surface area contributed by atoms with Gasteiger partial charge in [-0.2, -0.15) is 0 Å². The van der Waals surface area contributed by atoms with E-state index < -0.39 is 0 Å². The number of nitrogens with one attached hydrogen (secondary N) is 1. The summed E-state index contributed by atoms with van der Waals surface area (Å²) < 4.78 is 0. The minimum atomic E-state index is 0.285. The van der Waals surface area contributed by atoms with E-state index in [-0.39, 0.29) is 6.10 Å². The van der Waals surface area contributed by atoms with E-state index in [1.807, 2.05) is 7.05 Å². The Labute approximate surface area is 76.6 Å². The van der Waals surface area contributed by atoms with Crippen LogP contribution in [0.4, 0.5) is 0 Å². The Balaban J connectivity index is 3.90. The second-order valence-corrected chi connectivity index (χ2v) is 3.99. The van der Waals surface area contributed by atoms with Crippen molar-refractivity contribution < 1.29 is 4.84 Å². The number of hydroxylamine groups is 1. The monoisotopic (exact) mass is 173 g/mol. The molecule has 0 heterocycles. The van der Waals surface area contributed by atoms with E-state index >= 15 is 0 Å². The maximum absolute atomic E-state index is 5.32. The van der Waals surface area contributed by atoms with Gasteiger partial charge < -0.3 is 0 Å². The summed E-state index contributed by atoms with van der Waals surface area (Å²) in [6.07, 6.45) is 0.285. The molecule has 0 aromatic carbocycles. The van der Waals surface area contributed by atoms with Crippen molar-refractivity contribution in [2.75, 3.05) is 7.05 Å². The molecule has 0 saturated carbocycles. The lowest BCUT2D eigenvalue weighted by atomic mass is 9.83. The molecule has 2 nitrogen and oxygen atoms in total. The average molecular weight is 173 g/mol. The van der Waals surface area contributed by atoms with Gasteiger partial charge in [0.05, 0.1) is 6.10 Å². The standard InChI is InChI=1S/C10H23NO/c1-7(2)8(3)9(4)10(5)12-11-6/h7-11H,1-6H3/t8?,9?,10-/m1/s1. The van der Waals surface area contributed by atoms with E-state index in [4.69, 9.17) is 4.84 Å². The summed E-state index contributed by atoms with van der Waals surface area (Å²) in [7, 11) is 1.81. The minimum Gasteiger partial charge on any atom is -0.299 e. The summed E-state index contributed by atoms with van der Waals surface area (Å²) in [5.41, 5.74) is 2.74. The Morgan fingerprint density at radius 3 is 1.75 bits per heavy atom. The molecule has 12 heavy (non-hydrogen) atoms. The highest BCUT2D eigenvalue weighted by Gasteiger charge is 2.21. The molecule has 0 aliphatic heterocycles. The Morgan fingerprint density at radius 1 is 0.917 bits per heavy atom. The van der Waals surface area contributed by atoms with Crippen molar-refractivity contribution in [3.63, 3.8) is 0 Å². The van der Waals surface area contributed by atoms with Gasteiger partial charge in [0.15, 0.2) is 0 Å². The predicted octanol–water partition coefficient (Wildman–Crippen LogP) is 2.45. The fourth-order valence-electron chi connectivity index (χ4n) is 1.33. The van der Waals surface area contributed by atoms with Gasteiger partial charge in [-0.25, -0.2) is 5.48 Å². The van der Waals surface area contributed by atoms with Crippen LogP contribution >= 0.6 is 0 Å². The van der Waals surface area contributed by atoms with E-state index in [0.29, 0.717) is 11.8 Å². The summed E-state index contributed by atoms with van der Waals surface area (Å²) in [4.78, 5) is 5.32. The molecule has 0 amide bonds. The first kappa shape index (κ1) is 11.9. The Morgan fingerprint density at radius 2 is 1.42 bits per heavy atom. The number of rotatable bonds is 5. The Hall–Kier alpha value is -0.0800. The molecular weight excluding hydrogens is 150 g/mol. The quantitative estimate of drug-likeness (QED) is 0.645. The molecule has 0 fully saturated rings. The van der Waals surface area contributed by atoms with Gasteiger partial charge in [0.1, 0.15) is 0 Å². The molecule has 0 bridgehead atoms. The van der Waals surface area contributed by atoms with Crippen LogP contribution in [0, 0.1) is 17.8 Å². The molecule has 0 radical (unpaired) electrons. The van der Waals surface area contributed by atoms with E-state index in [0.717, 1.165) is 5.92 Å². The van der Waals surface area contributed by atoms with Crippen LogP contribution in [-0.2, 0) is 4.84 Å². The van der Waals surface area contributed by atoms with Crippen molar-refractivity contribution in [1.82, 2.24) is 5.48 Å². The summed E-state index contributed by atoms with van der Waals surface area (Å²) in [5.74, 6) is 2.02. The lowest BCUT2D eigenvalue weighted by Gasteiger charge is -2.28. The molecule has 0 aromatic heterocycles. The zero-order valence-electron chi connectivity index (χ0n) is 9.22. The van der Waals surface area contributed by atoms with Crippen molar-refractivity contribution in [2.24, 2.45) is 17.8 Å². The van der Waals surface area contributed by atoms with Gasteiger partial charge in [0.25, 0.3) is 0 Å². The summed E-state index contributed by atoms with van der Waals surface area (Å²) >= 11 is 0. The van der Waals surface area contributed by atoms with Crippen molar-refractivity contribution in [3.05, 3.63) is 0 Å². The van der Waals surface area contributed by atoms with Crippen LogP contribution in [0.3, 0.4) is 0 Å². The molecule has 0 aliphatic rings. The molecule has 2 heteroatoms. The smallest absolute Gasteiger partial charge is 0.0790 e. The third kappa shape index (κ3) is 3.55. The van der Waals surface area contributed by atoms with E-state index in [9.17, 15) is 0 Å². The van der Waals surface area contributed by atoms with Gasteiger partial charge in [0.2, 0.25) is 0 Å². The minimum absolute atomic E-state index is 0.285. The normalized spacial score (nSPS) is 19.2. The van der Waals surface area contributed by atoms with Gasteiger partial charge in [-0.1, -0.05) is 27.7 Å². The lowest BCUT2D eigenvalue weighted by Crippen LogP contribution is -2.30. The average Bonchev–Trinajstić information content (AvgIpc) is 2.02. The van der Waals surface area contributed by atoms with Crippen LogP contribution < -0.4 is 5.48 Å². The van der Waals surface area contributed by atoms with Crippen LogP contribution in [-0.4, -0.2) is 13.2 Å². The first-order chi connectivity index (χ1) is 5.50. The second kappa shape index (κ2) is 5.55.